The lowest BCUT2D eigenvalue weighted by Gasteiger charge is -2.29. The maximum atomic E-state index is 13.2. The first-order chi connectivity index (χ1) is 17.8. The Morgan fingerprint density at radius 1 is 0.949 bits per heavy atom. The summed E-state index contributed by atoms with van der Waals surface area (Å²) in [5, 5.41) is 1.44. The number of aromatic nitrogens is 1. The van der Waals surface area contributed by atoms with Gasteiger partial charge in [0.2, 0.25) is 0 Å². The van der Waals surface area contributed by atoms with E-state index in [1.807, 2.05) is 0 Å². The zero-order valence-electron chi connectivity index (χ0n) is 20.8. The van der Waals surface area contributed by atoms with E-state index in [1.54, 1.807) is 0 Å². The Kier molecular flexibility index (Phi) is 8.75. The fourth-order valence-electron chi connectivity index (χ4n) is 4.24. The van der Waals surface area contributed by atoms with Gasteiger partial charge in [0.1, 0.15) is 5.69 Å². The molecule has 1 N–H and O–H groups in total. The van der Waals surface area contributed by atoms with E-state index in [4.69, 9.17) is 0 Å². The lowest BCUT2D eigenvalue weighted by Crippen LogP contribution is -2.39. The van der Waals surface area contributed by atoms with Gasteiger partial charge in [-0.2, -0.15) is 26.3 Å². The molecule has 15 heteroatoms. The number of alkyl halides is 6. The number of carbonyl (C=O) groups is 1. The Morgan fingerprint density at radius 3 is 2.08 bits per heavy atom. The van der Waals surface area contributed by atoms with Crippen LogP contribution in [0.1, 0.15) is 61.1 Å². The van der Waals surface area contributed by atoms with Gasteiger partial charge in [0, 0.05) is 12.2 Å². The van der Waals surface area contributed by atoms with Crippen LogP contribution < -0.4 is 5.32 Å². The van der Waals surface area contributed by atoms with E-state index in [2.05, 4.69) is 10.3 Å². The maximum Gasteiger partial charge on any atom is 0.417 e. The number of rotatable bonds is 7. The lowest BCUT2D eigenvalue weighted by atomic mass is 9.87. The molecule has 0 radical (unpaired) electrons. The van der Waals surface area contributed by atoms with E-state index in [-0.39, 0.29) is 12.8 Å². The molecule has 39 heavy (non-hydrogen) atoms. The van der Waals surface area contributed by atoms with Crippen molar-refractivity contribution in [2.75, 3.05) is 5.75 Å². The summed E-state index contributed by atoms with van der Waals surface area (Å²) in [5.41, 5.74) is -3.07. The van der Waals surface area contributed by atoms with Crippen molar-refractivity contribution in [2.45, 2.75) is 73.0 Å². The molecule has 1 aromatic heterocycles. The van der Waals surface area contributed by atoms with Gasteiger partial charge in [-0.25, -0.2) is 21.8 Å². The normalized spacial score (nSPS) is 19.2. The van der Waals surface area contributed by atoms with E-state index < -0.39 is 87.5 Å². The van der Waals surface area contributed by atoms with Gasteiger partial charge in [0.05, 0.1) is 31.9 Å². The number of sulfone groups is 2. The minimum Gasteiger partial charge on any atom is -0.348 e. The van der Waals surface area contributed by atoms with E-state index in [9.17, 15) is 48.0 Å². The zero-order chi connectivity index (χ0) is 29.4. The van der Waals surface area contributed by atoms with E-state index in [1.165, 1.54) is 13.8 Å². The molecule has 1 saturated carbocycles. The SMILES string of the molecule is CC(C)S(=O)(=O)c1cc(C(F)(F)F)cnc1C(=O)N[C@H]1CC[C@H](CS(=O)(=O)c2cccc(C(F)(F)F)c2)CC1. The highest BCUT2D eigenvalue weighted by atomic mass is 32.2. The Hall–Kier alpha value is -2.68. The average Bonchev–Trinajstić information content (AvgIpc) is 2.83. The molecule has 0 bridgehead atoms. The molecule has 1 amide bonds. The summed E-state index contributed by atoms with van der Waals surface area (Å²) in [6.07, 6.45) is -8.08. The highest BCUT2D eigenvalue weighted by Crippen LogP contribution is 2.34. The van der Waals surface area contributed by atoms with Crippen molar-refractivity contribution in [3.8, 4) is 0 Å². The molecule has 2 aromatic rings. The monoisotopic (exact) mass is 600 g/mol. The van der Waals surface area contributed by atoms with Crippen molar-refractivity contribution in [3.63, 3.8) is 0 Å². The number of amides is 1. The molecule has 1 aromatic carbocycles. The number of hydrogen-bond acceptors (Lipinski definition) is 6. The Morgan fingerprint density at radius 2 is 1.54 bits per heavy atom. The molecule has 216 valence electrons. The third-order valence-electron chi connectivity index (χ3n) is 6.48. The van der Waals surface area contributed by atoms with Crippen LogP contribution in [0.4, 0.5) is 26.3 Å². The number of pyridine rings is 1. The van der Waals surface area contributed by atoms with Crippen molar-refractivity contribution in [2.24, 2.45) is 5.92 Å². The lowest BCUT2D eigenvalue weighted by molar-refractivity contribution is -0.138. The molecular weight excluding hydrogens is 574 g/mol. The molecular formula is C24H26F6N2O5S2. The zero-order valence-corrected chi connectivity index (χ0v) is 22.4. The highest BCUT2D eigenvalue weighted by Gasteiger charge is 2.37. The molecule has 7 nitrogen and oxygen atoms in total. The second-order valence-corrected chi connectivity index (χ2v) is 14.2. The van der Waals surface area contributed by atoms with Gasteiger partial charge in [0.15, 0.2) is 19.7 Å². The fraction of sp³-hybridized carbons (Fsp3) is 0.500. The molecule has 0 atom stereocenters. The first-order valence-electron chi connectivity index (χ1n) is 11.8. The average molecular weight is 601 g/mol. The fourth-order valence-corrected chi connectivity index (χ4v) is 7.19. The smallest absolute Gasteiger partial charge is 0.348 e. The molecule has 0 aliphatic heterocycles. The Balaban J connectivity index is 1.70. The molecule has 1 aliphatic rings. The van der Waals surface area contributed by atoms with Crippen LogP contribution in [0.15, 0.2) is 46.3 Å². The van der Waals surface area contributed by atoms with Gasteiger partial charge < -0.3 is 5.32 Å². The van der Waals surface area contributed by atoms with Crippen LogP contribution in [0.2, 0.25) is 0 Å². The van der Waals surface area contributed by atoms with E-state index in [0.29, 0.717) is 31.2 Å². The predicted molar refractivity (Wildman–Crippen MR) is 128 cm³/mol. The third-order valence-corrected chi connectivity index (χ3v) is 10.5. The van der Waals surface area contributed by atoms with Gasteiger partial charge in [-0.15, -0.1) is 0 Å². The molecule has 1 aliphatic carbocycles. The Bertz CT molecular complexity index is 1430. The number of benzene rings is 1. The van der Waals surface area contributed by atoms with Crippen molar-refractivity contribution < 1.29 is 48.0 Å². The van der Waals surface area contributed by atoms with E-state index in [0.717, 1.165) is 18.2 Å². The quantitative estimate of drug-likeness (QED) is 0.445. The minimum atomic E-state index is -4.88. The number of nitrogens with one attached hydrogen (secondary N) is 1. The second kappa shape index (κ2) is 11.1. The summed E-state index contributed by atoms with van der Waals surface area (Å²) in [6.45, 7) is 2.51. The Labute approximate surface area is 221 Å². The molecule has 1 heterocycles. The van der Waals surface area contributed by atoms with Crippen LogP contribution in [0.5, 0.6) is 0 Å². The molecule has 0 spiro atoms. The highest BCUT2D eigenvalue weighted by molar-refractivity contribution is 7.92. The molecule has 0 unspecified atom stereocenters. The summed E-state index contributed by atoms with van der Waals surface area (Å²) < 4.78 is 129. The van der Waals surface area contributed by atoms with Crippen LogP contribution in [0.3, 0.4) is 0 Å². The van der Waals surface area contributed by atoms with Gasteiger partial charge in [0.25, 0.3) is 5.91 Å². The van der Waals surface area contributed by atoms with Crippen molar-refractivity contribution in [1.82, 2.24) is 10.3 Å². The number of halogens is 6. The van der Waals surface area contributed by atoms with Crippen LogP contribution in [0, 0.1) is 5.92 Å². The number of nitrogens with zero attached hydrogens (tertiary/aromatic N) is 1. The topological polar surface area (TPSA) is 110 Å². The summed E-state index contributed by atoms with van der Waals surface area (Å²) in [5.74, 6) is -1.78. The second-order valence-electron chi connectivity index (χ2n) is 9.66. The van der Waals surface area contributed by atoms with Crippen LogP contribution in [-0.4, -0.2) is 44.8 Å². The maximum absolute atomic E-state index is 13.2. The van der Waals surface area contributed by atoms with Crippen LogP contribution in [-0.2, 0) is 32.0 Å². The van der Waals surface area contributed by atoms with Gasteiger partial charge in [-0.1, -0.05) is 6.07 Å². The van der Waals surface area contributed by atoms with Gasteiger partial charge in [-0.05, 0) is 69.7 Å². The van der Waals surface area contributed by atoms with Crippen molar-refractivity contribution in [1.29, 1.82) is 0 Å². The van der Waals surface area contributed by atoms with Gasteiger partial charge >= 0.3 is 12.4 Å². The first-order valence-corrected chi connectivity index (χ1v) is 15.0. The third kappa shape index (κ3) is 7.29. The van der Waals surface area contributed by atoms with Crippen molar-refractivity contribution >= 4 is 25.6 Å². The number of carbonyl (C=O) groups excluding carboxylic acids is 1. The standard InChI is InChI=1S/C24H26F6N2O5S2/c1-14(2)39(36,37)20-11-17(24(28,29)30)12-31-21(20)22(33)32-18-8-6-15(7-9-18)13-38(34,35)19-5-3-4-16(10-19)23(25,26)27/h3-5,10-12,14-15,18H,6-9,13H2,1-2H3,(H,32,33)/t15-,18-. The molecule has 0 saturated heterocycles. The summed E-state index contributed by atoms with van der Waals surface area (Å²) in [7, 11) is -8.33. The number of hydrogen-bond donors (Lipinski definition) is 1. The molecule has 3 rings (SSSR count). The molecule has 1 fully saturated rings. The summed E-state index contributed by atoms with van der Waals surface area (Å²) >= 11 is 0. The predicted octanol–water partition coefficient (Wildman–Crippen LogP) is 5.06. The largest absolute Gasteiger partial charge is 0.417 e. The minimum absolute atomic E-state index is 0.265. The van der Waals surface area contributed by atoms with Crippen molar-refractivity contribution in [3.05, 3.63) is 53.3 Å². The van der Waals surface area contributed by atoms with Gasteiger partial charge in [-0.3, -0.25) is 4.79 Å². The van der Waals surface area contributed by atoms with Crippen LogP contribution >= 0.6 is 0 Å². The summed E-state index contributed by atoms with van der Waals surface area (Å²) in [6, 6.07) is 3.31. The van der Waals surface area contributed by atoms with E-state index >= 15 is 0 Å². The first kappa shape index (κ1) is 30.9. The van der Waals surface area contributed by atoms with Crippen LogP contribution in [0.25, 0.3) is 0 Å². The summed E-state index contributed by atoms with van der Waals surface area (Å²) in [4.78, 5) is 15.1.